The topological polar surface area (TPSA) is 0 Å². The van der Waals surface area contributed by atoms with Crippen LogP contribution in [0.4, 0.5) is 0 Å². The summed E-state index contributed by atoms with van der Waals surface area (Å²) in [4.78, 5) is 0. The van der Waals surface area contributed by atoms with Crippen LogP contribution in [0.1, 0.15) is 112 Å². The van der Waals surface area contributed by atoms with Crippen molar-refractivity contribution in [3.8, 4) is 0 Å². The van der Waals surface area contributed by atoms with Gasteiger partial charge < -0.3 is 0 Å². The van der Waals surface area contributed by atoms with Gasteiger partial charge in [0, 0.05) is 0 Å². The monoisotopic (exact) mass is 548 g/mol. The standard InChI is InChI=1S/C15H14.2C10H12.3C2H6/c1-3-7-14-11-15-8-4-2-6-13(15)10-9-12(14)5-1;2*1-2-6-10-8-4-3-7-9(10)5-1;3*1-2/h1-8H,9-11H2;2*1-2,5-6H,3-4,7-8H2;3*1-2H3. The Labute approximate surface area is 253 Å². The summed E-state index contributed by atoms with van der Waals surface area (Å²) in [5.41, 5.74) is 12.4. The molecular formula is C41H56. The summed E-state index contributed by atoms with van der Waals surface area (Å²) in [5, 5.41) is 0. The molecule has 0 amide bonds. The van der Waals surface area contributed by atoms with Crippen molar-refractivity contribution in [1.82, 2.24) is 0 Å². The molecule has 220 valence electrons. The maximum atomic E-state index is 2.27. The van der Waals surface area contributed by atoms with Crippen LogP contribution < -0.4 is 0 Å². The average molecular weight is 549 g/mol. The number of benzene rings is 4. The number of hydrogen-bond acceptors (Lipinski definition) is 0. The fourth-order valence-corrected chi connectivity index (χ4v) is 5.77. The van der Waals surface area contributed by atoms with Crippen LogP contribution in [0, 0.1) is 0 Å². The molecule has 4 aromatic rings. The maximum Gasteiger partial charge on any atom is -0.00203 e. The quantitative estimate of drug-likeness (QED) is 0.205. The molecule has 7 rings (SSSR count). The molecule has 41 heavy (non-hydrogen) atoms. The predicted molar refractivity (Wildman–Crippen MR) is 183 cm³/mol. The molecule has 0 atom stereocenters. The van der Waals surface area contributed by atoms with E-state index in [9.17, 15) is 0 Å². The number of fused-ring (bicyclic) bond motifs is 4. The Morgan fingerprint density at radius 2 is 0.463 bits per heavy atom. The molecule has 0 saturated carbocycles. The third-order valence-electron chi connectivity index (χ3n) is 7.80. The first-order chi connectivity index (χ1) is 20.4. The molecule has 3 aliphatic carbocycles. The first kappa shape index (κ1) is 34.1. The van der Waals surface area contributed by atoms with Gasteiger partial charge in [0.05, 0.1) is 0 Å². The van der Waals surface area contributed by atoms with Gasteiger partial charge in [-0.1, -0.05) is 139 Å². The zero-order chi connectivity index (χ0) is 29.7. The van der Waals surface area contributed by atoms with Gasteiger partial charge in [0.15, 0.2) is 0 Å². The minimum Gasteiger partial charge on any atom is -0.0683 e. The highest BCUT2D eigenvalue weighted by atomic mass is 14.2. The van der Waals surface area contributed by atoms with Crippen LogP contribution in [-0.2, 0) is 44.9 Å². The molecule has 0 radical (unpaired) electrons. The molecule has 0 bridgehead atoms. The molecule has 0 nitrogen and oxygen atoms in total. The van der Waals surface area contributed by atoms with Crippen molar-refractivity contribution in [3.05, 3.63) is 142 Å². The summed E-state index contributed by atoms with van der Waals surface area (Å²) < 4.78 is 0. The Balaban J connectivity index is 0.000000202. The third-order valence-corrected chi connectivity index (χ3v) is 7.80. The fraction of sp³-hybridized carbons (Fsp3) is 0.415. The van der Waals surface area contributed by atoms with Gasteiger partial charge in [-0.3, -0.25) is 0 Å². The molecule has 4 aromatic carbocycles. The number of hydrogen-bond donors (Lipinski definition) is 0. The van der Waals surface area contributed by atoms with Gasteiger partial charge in [-0.05, 0) is 115 Å². The second-order valence-electron chi connectivity index (χ2n) is 10.2. The lowest BCUT2D eigenvalue weighted by Crippen LogP contribution is -2.00. The molecule has 0 unspecified atom stereocenters. The van der Waals surface area contributed by atoms with Crippen LogP contribution in [-0.4, -0.2) is 0 Å². The highest BCUT2D eigenvalue weighted by Crippen LogP contribution is 2.24. The molecule has 0 N–H and O–H groups in total. The van der Waals surface area contributed by atoms with E-state index >= 15 is 0 Å². The molecule has 0 aromatic heterocycles. The number of aryl methyl sites for hydroxylation is 6. The van der Waals surface area contributed by atoms with Crippen LogP contribution >= 0.6 is 0 Å². The lowest BCUT2D eigenvalue weighted by molar-refractivity contribution is 0.685. The van der Waals surface area contributed by atoms with Crippen molar-refractivity contribution in [1.29, 1.82) is 0 Å². The molecule has 0 spiro atoms. The second kappa shape index (κ2) is 20.7. The molecule has 3 aliphatic rings. The van der Waals surface area contributed by atoms with Crippen molar-refractivity contribution in [2.75, 3.05) is 0 Å². The largest absolute Gasteiger partial charge is 0.0683 e. The molecule has 0 heterocycles. The van der Waals surface area contributed by atoms with Crippen molar-refractivity contribution >= 4 is 0 Å². The predicted octanol–water partition coefficient (Wildman–Crippen LogP) is 11.6. The van der Waals surface area contributed by atoms with Gasteiger partial charge in [0.25, 0.3) is 0 Å². The summed E-state index contributed by atoms with van der Waals surface area (Å²) in [6.07, 6.45) is 14.2. The normalized spacial score (nSPS) is 13.5. The van der Waals surface area contributed by atoms with Crippen LogP contribution in [0.15, 0.2) is 97.1 Å². The Bertz CT molecular complexity index is 1090. The second-order valence-corrected chi connectivity index (χ2v) is 10.2. The van der Waals surface area contributed by atoms with Gasteiger partial charge in [-0.15, -0.1) is 0 Å². The van der Waals surface area contributed by atoms with Crippen molar-refractivity contribution in [3.63, 3.8) is 0 Å². The highest BCUT2D eigenvalue weighted by Gasteiger charge is 2.11. The summed E-state index contributed by atoms with van der Waals surface area (Å²) in [6.45, 7) is 12.0. The third kappa shape index (κ3) is 11.0. The van der Waals surface area contributed by atoms with Gasteiger partial charge in [0.1, 0.15) is 0 Å². The van der Waals surface area contributed by atoms with E-state index < -0.39 is 0 Å². The first-order valence-corrected chi connectivity index (χ1v) is 16.6. The van der Waals surface area contributed by atoms with Crippen molar-refractivity contribution < 1.29 is 0 Å². The maximum absolute atomic E-state index is 2.27. The van der Waals surface area contributed by atoms with E-state index in [4.69, 9.17) is 0 Å². The summed E-state index contributed by atoms with van der Waals surface area (Å²) in [5.74, 6) is 0. The van der Waals surface area contributed by atoms with E-state index in [1.54, 1.807) is 22.3 Å². The van der Waals surface area contributed by atoms with Crippen LogP contribution in [0.5, 0.6) is 0 Å². The first-order valence-electron chi connectivity index (χ1n) is 16.6. The minimum absolute atomic E-state index is 1.10. The van der Waals surface area contributed by atoms with E-state index in [2.05, 4.69) is 97.1 Å². The van der Waals surface area contributed by atoms with Crippen LogP contribution in [0.3, 0.4) is 0 Å². The van der Waals surface area contributed by atoms with Crippen molar-refractivity contribution in [2.24, 2.45) is 0 Å². The van der Waals surface area contributed by atoms with E-state index in [0.717, 1.165) is 6.42 Å². The smallest absolute Gasteiger partial charge is 0.00203 e. The SMILES string of the molecule is CC.CC.CC.c1ccc2c(c1)CCCC2.c1ccc2c(c1)CCCC2.c1ccc2c(c1)CCc1ccccc1C2. The van der Waals surface area contributed by atoms with E-state index in [0.29, 0.717) is 0 Å². The molecular weight excluding hydrogens is 492 g/mol. The summed E-state index contributed by atoms with van der Waals surface area (Å²) in [6, 6.07) is 35.2. The van der Waals surface area contributed by atoms with E-state index in [-0.39, 0.29) is 0 Å². The summed E-state index contributed by atoms with van der Waals surface area (Å²) >= 11 is 0. The summed E-state index contributed by atoms with van der Waals surface area (Å²) in [7, 11) is 0. The van der Waals surface area contributed by atoms with Gasteiger partial charge >= 0.3 is 0 Å². The van der Waals surface area contributed by atoms with E-state index in [1.807, 2.05) is 41.5 Å². The van der Waals surface area contributed by atoms with Gasteiger partial charge in [0.2, 0.25) is 0 Å². The van der Waals surface area contributed by atoms with E-state index in [1.165, 1.54) is 86.5 Å². The Kier molecular flexibility index (Phi) is 17.2. The molecule has 0 fully saturated rings. The molecule has 0 heteroatoms. The highest BCUT2D eigenvalue weighted by molar-refractivity contribution is 5.40. The lowest BCUT2D eigenvalue weighted by Gasteiger charge is -2.13. The average Bonchev–Trinajstić information content (AvgIpc) is 3.28. The lowest BCUT2D eigenvalue weighted by atomic mass is 9.92. The van der Waals surface area contributed by atoms with Gasteiger partial charge in [-0.2, -0.15) is 0 Å². The van der Waals surface area contributed by atoms with Crippen LogP contribution in [0.25, 0.3) is 0 Å². The fourth-order valence-electron chi connectivity index (χ4n) is 5.77. The molecule has 0 aliphatic heterocycles. The number of rotatable bonds is 0. The van der Waals surface area contributed by atoms with Crippen LogP contribution in [0.2, 0.25) is 0 Å². The minimum atomic E-state index is 1.10. The Morgan fingerprint density at radius 3 is 0.707 bits per heavy atom. The Hall–Kier alpha value is -3.12. The Morgan fingerprint density at radius 1 is 0.268 bits per heavy atom. The molecule has 0 saturated heterocycles. The van der Waals surface area contributed by atoms with Crippen molar-refractivity contribution in [2.45, 2.75) is 112 Å². The zero-order valence-electron chi connectivity index (χ0n) is 27.0. The zero-order valence-corrected chi connectivity index (χ0v) is 27.0. The van der Waals surface area contributed by atoms with Gasteiger partial charge in [-0.25, -0.2) is 0 Å².